The summed E-state index contributed by atoms with van der Waals surface area (Å²) in [6, 6.07) is 0.594. The average Bonchev–Trinajstić information content (AvgIpc) is 2.19. The minimum atomic E-state index is 0.172. The maximum atomic E-state index is 5.58. The maximum absolute atomic E-state index is 5.58. The molecule has 1 saturated carbocycles. The van der Waals surface area contributed by atoms with Crippen molar-refractivity contribution in [3.8, 4) is 0 Å². The van der Waals surface area contributed by atoms with Crippen LogP contribution in [-0.4, -0.2) is 25.3 Å². The highest BCUT2D eigenvalue weighted by Crippen LogP contribution is 2.34. The number of methoxy groups -OCH3 is 1. The topological polar surface area (TPSA) is 21.3 Å². The zero-order valence-corrected chi connectivity index (χ0v) is 9.09. The summed E-state index contributed by atoms with van der Waals surface area (Å²) < 4.78 is 5.58. The largest absolute Gasteiger partial charge is 0.377 e. The van der Waals surface area contributed by atoms with E-state index in [-0.39, 0.29) is 5.60 Å². The van der Waals surface area contributed by atoms with Gasteiger partial charge in [0.05, 0.1) is 5.60 Å². The molecule has 1 fully saturated rings. The highest BCUT2D eigenvalue weighted by atomic mass is 16.5. The van der Waals surface area contributed by atoms with E-state index in [1.807, 2.05) is 7.11 Å². The van der Waals surface area contributed by atoms with E-state index in [1.54, 1.807) is 0 Å². The van der Waals surface area contributed by atoms with Crippen molar-refractivity contribution >= 4 is 0 Å². The molecule has 2 rings (SSSR count). The van der Waals surface area contributed by atoms with E-state index >= 15 is 0 Å². The van der Waals surface area contributed by atoms with Crippen LogP contribution in [0.2, 0.25) is 0 Å². The van der Waals surface area contributed by atoms with Crippen LogP contribution in [0.5, 0.6) is 0 Å². The minimum absolute atomic E-state index is 0.172. The van der Waals surface area contributed by atoms with Gasteiger partial charge in [0.15, 0.2) is 0 Å². The van der Waals surface area contributed by atoms with Gasteiger partial charge in [-0.3, -0.25) is 0 Å². The SMILES string of the molecule is COC1(CNC2C=CCCC2)CCC1. The van der Waals surface area contributed by atoms with Gasteiger partial charge in [0.25, 0.3) is 0 Å². The highest BCUT2D eigenvalue weighted by Gasteiger charge is 2.36. The van der Waals surface area contributed by atoms with Crippen LogP contribution in [0.3, 0.4) is 0 Å². The van der Waals surface area contributed by atoms with E-state index < -0.39 is 0 Å². The average molecular weight is 195 g/mol. The zero-order chi connectivity index (χ0) is 9.86. The van der Waals surface area contributed by atoms with E-state index in [0.717, 1.165) is 6.54 Å². The van der Waals surface area contributed by atoms with Crippen molar-refractivity contribution in [2.45, 2.75) is 50.2 Å². The molecule has 14 heavy (non-hydrogen) atoms. The van der Waals surface area contributed by atoms with Crippen LogP contribution in [0.25, 0.3) is 0 Å². The van der Waals surface area contributed by atoms with E-state index in [2.05, 4.69) is 17.5 Å². The molecular formula is C12H21NO. The second-order valence-corrected chi connectivity index (χ2v) is 4.59. The van der Waals surface area contributed by atoms with Gasteiger partial charge in [-0.15, -0.1) is 0 Å². The van der Waals surface area contributed by atoms with Crippen molar-refractivity contribution in [3.63, 3.8) is 0 Å². The van der Waals surface area contributed by atoms with Crippen molar-refractivity contribution < 1.29 is 4.74 Å². The van der Waals surface area contributed by atoms with E-state index in [1.165, 1.54) is 38.5 Å². The summed E-state index contributed by atoms with van der Waals surface area (Å²) in [5, 5.41) is 3.60. The van der Waals surface area contributed by atoms with Crippen LogP contribution in [0.15, 0.2) is 12.2 Å². The third-order valence-electron chi connectivity index (χ3n) is 3.64. The molecule has 0 heterocycles. The van der Waals surface area contributed by atoms with Crippen molar-refractivity contribution in [2.24, 2.45) is 0 Å². The molecule has 2 heteroatoms. The fourth-order valence-electron chi connectivity index (χ4n) is 2.32. The van der Waals surface area contributed by atoms with Crippen molar-refractivity contribution in [2.75, 3.05) is 13.7 Å². The Kier molecular flexibility index (Phi) is 3.24. The summed E-state index contributed by atoms with van der Waals surface area (Å²) in [6.45, 7) is 1.03. The van der Waals surface area contributed by atoms with Crippen LogP contribution >= 0.6 is 0 Å². The van der Waals surface area contributed by atoms with Gasteiger partial charge in [-0.1, -0.05) is 12.2 Å². The van der Waals surface area contributed by atoms with Gasteiger partial charge in [-0.05, 0) is 38.5 Å². The first-order valence-electron chi connectivity index (χ1n) is 5.80. The first kappa shape index (κ1) is 10.2. The number of ether oxygens (including phenoxy) is 1. The van der Waals surface area contributed by atoms with Crippen LogP contribution in [0.4, 0.5) is 0 Å². The molecular weight excluding hydrogens is 174 g/mol. The first-order valence-corrected chi connectivity index (χ1v) is 5.80. The number of rotatable bonds is 4. The van der Waals surface area contributed by atoms with E-state index in [4.69, 9.17) is 4.74 Å². The molecule has 0 aromatic carbocycles. The third kappa shape index (κ3) is 2.18. The molecule has 80 valence electrons. The Labute approximate surface area is 86.7 Å². The lowest BCUT2D eigenvalue weighted by Gasteiger charge is -2.41. The van der Waals surface area contributed by atoms with E-state index in [9.17, 15) is 0 Å². The number of nitrogens with one attached hydrogen (secondary N) is 1. The molecule has 0 bridgehead atoms. The quantitative estimate of drug-likeness (QED) is 0.695. The second-order valence-electron chi connectivity index (χ2n) is 4.59. The summed E-state index contributed by atoms with van der Waals surface area (Å²) in [6.07, 6.45) is 12.3. The highest BCUT2D eigenvalue weighted by molar-refractivity contribution is 5.00. The molecule has 0 aliphatic heterocycles. The maximum Gasteiger partial charge on any atom is 0.0802 e. The summed E-state index contributed by atoms with van der Waals surface area (Å²) in [5.41, 5.74) is 0.172. The molecule has 1 atom stereocenters. The standard InChI is InChI=1S/C12H21NO/c1-14-12(8-5-9-12)10-13-11-6-3-2-4-7-11/h3,6,11,13H,2,4-5,7-10H2,1H3. The lowest BCUT2D eigenvalue weighted by atomic mass is 9.79. The zero-order valence-electron chi connectivity index (χ0n) is 9.09. The predicted octanol–water partition coefficient (Wildman–Crippen LogP) is 2.25. The fourth-order valence-corrected chi connectivity index (χ4v) is 2.32. The minimum Gasteiger partial charge on any atom is -0.377 e. The summed E-state index contributed by atoms with van der Waals surface area (Å²) in [5.74, 6) is 0. The van der Waals surface area contributed by atoms with Gasteiger partial charge in [-0.25, -0.2) is 0 Å². The second kappa shape index (κ2) is 4.45. The molecule has 2 nitrogen and oxygen atoms in total. The predicted molar refractivity (Wildman–Crippen MR) is 58.4 cm³/mol. The molecule has 0 aromatic rings. The first-order chi connectivity index (χ1) is 6.85. The number of allylic oxidation sites excluding steroid dienone is 1. The molecule has 1 unspecified atom stereocenters. The third-order valence-corrected chi connectivity index (χ3v) is 3.64. The molecule has 0 aromatic heterocycles. The van der Waals surface area contributed by atoms with Crippen LogP contribution < -0.4 is 5.32 Å². The molecule has 1 N–H and O–H groups in total. The molecule has 0 radical (unpaired) electrons. The van der Waals surface area contributed by atoms with Crippen LogP contribution in [0, 0.1) is 0 Å². The van der Waals surface area contributed by atoms with Gasteiger partial charge < -0.3 is 10.1 Å². The lowest BCUT2D eigenvalue weighted by molar-refractivity contribution is -0.0703. The van der Waals surface area contributed by atoms with E-state index in [0.29, 0.717) is 6.04 Å². The Morgan fingerprint density at radius 1 is 1.43 bits per heavy atom. The Morgan fingerprint density at radius 3 is 2.79 bits per heavy atom. The van der Waals surface area contributed by atoms with Crippen LogP contribution in [0.1, 0.15) is 38.5 Å². The van der Waals surface area contributed by atoms with Gasteiger partial charge in [0, 0.05) is 19.7 Å². The van der Waals surface area contributed by atoms with Gasteiger partial charge in [-0.2, -0.15) is 0 Å². The molecule has 0 saturated heterocycles. The van der Waals surface area contributed by atoms with Crippen molar-refractivity contribution in [1.29, 1.82) is 0 Å². The Balaban J connectivity index is 1.75. The number of hydrogen-bond acceptors (Lipinski definition) is 2. The van der Waals surface area contributed by atoms with Gasteiger partial charge in [0.2, 0.25) is 0 Å². The fraction of sp³-hybridized carbons (Fsp3) is 0.833. The van der Waals surface area contributed by atoms with Crippen molar-refractivity contribution in [3.05, 3.63) is 12.2 Å². The molecule has 2 aliphatic rings. The Hall–Kier alpha value is -0.340. The van der Waals surface area contributed by atoms with Gasteiger partial charge in [0.1, 0.15) is 0 Å². The summed E-state index contributed by atoms with van der Waals surface area (Å²) in [4.78, 5) is 0. The summed E-state index contributed by atoms with van der Waals surface area (Å²) >= 11 is 0. The van der Waals surface area contributed by atoms with Gasteiger partial charge >= 0.3 is 0 Å². The van der Waals surface area contributed by atoms with Crippen molar-refractivity contribution in [1.82, 2.24) is 5.32 Å². The Bertz CT molecular complexity index is 203. The molecule has 0 amide bonds. The molecule has 0 spiro atoms. The molecule has 2 aliphatic carbocycles. The lowest BCUT2D eigenvalue weighted by Crippen LogP contribution is -2.50. The number of hydrogen-bond donors (Lipinski definition) is 1. The monoisotopic (exact) mass is 195 g/mol. The summed E-state index contributed by atoms with van der Waals surface area (Å²) in [7, 11) is 1.84. The normalized spacial score (nSPS) is 29.9. The Morgan fingerprint density at radius 2 is 2.29 bits per heavy atom. The smallest absolute Gasteiger partial charge is 0.0802 e. The van der Waals surface area contributed by atoms with Crippen LogP contribution in [-0.2, 0) is 4.74 Å².